The zero-order chi connectivity index (χ0) is 9.68. The smallest absolute Gasteiger partial charge is 0.251 e. The van der Waals surface area contributed by atoms with Crippen LogP contribution in [0.15, 0.2) is 17.1 Å². The van der Waals surface area contributed by atoms with Crippen LogP contribution in [-0.4, -0.2) is 27.9 Å². The Morgan fingerprint density at radius 1 is 1.69 bits per heavy atom. The Labute approximate surface area is 79.6 Å². The van der Waals surface area contributed by atoms with E-state index < -0.39 is 0 Å². The summed E-state index contributed by atoms with van der Waals surface area (Å²) in [5.74, 6) is 0. The van der Waals surface area contributed by atoms with Gasteiger partial charge in [0.1, 0.15) is 6.73 Å². The lowest BCUT2D eigenvalue weighted by atomic mass is 10.6. The van der Waals surface area contributed by atoms with E-state index in [0.717, 1.165) is 0 Å². The predicted octanol–water partition coefficient (Wildman–Crippen LogP) is -0.128. The van der Waals surface area contributed by atoms with Gasteiger partial charge in [-0.25, -0.2) is 0 Å². The summed E-state index contributed by atoms with van der Waals surface area (Å²) in [5, 5.41) is 8.44. The van der Waals surface area contributed by atoms with Crippen molar-refractivity contribution in [1.29, 1.82) is 0 Å². The highest BCUT2D eigenvalue weighted by Crippen LogP contribution is 1.87. The second-order valence-corrected chi connectivity index (χ2v) is 2.73. The molecule has 13 heavy (non-hydrogen) atoms. The minimum atomic E-state index is -0.233. The van der Waals surface area contributed by atoms with Crippen molar-refractivity contribution in [2.75, 3.05) is 13.2 Å². The first kappa shape index (κ1) is 10.1. The first-order chi connectivity index (χ1) is 6.24. The Hall–Kier alpha value is -0.980. The molecule has 0 aromatic carbocycles. The molecule has 0 saturated carbocycles. The highest BCUT2D eigenvalue weighted by atomic mass is 32.1. The molecule has 1 aromatic heterocycles. The second kappa shape index (κ2) is 4.90. The third kappa shape index (κ3) is 3.10. The predicted molar refractivity (Wildman–Crippen MR) is 48.9 cm³/mol. The Bertz CT molecular complexity index is 370. The lowest BCUT2D eigenvalue weighted by Crippen LogP contribution is -2.13. The van der Waals surface area contributed by atoms with Gasteiger partial charge in [-0.3, -0.25) is 9.78 Å². The number of ether oxygens (including phenoxy) is 1. The molecule has 0 fully saturated rings. The van der Waals surface area contributed by atoms with Crippen molar-refractivity contribution in [3.63, 3.8) is 0 Å². The molecular weight excluding hydrogens is 192 g/mol. The maximum atomic E-state index is 10.8. The molecule has 0 amide bonds. The van der Waals surface area contributed by atoms with Gasteiger partial charge in [-0.1, -0.05) is 0 Å². The normalized spacial score (nSPS) is 10.2. The molecule has 0 aliphatic rings. The van der Waals surface area contributed by atoms with Crippen LogP contribution in [0.3, 0.4) is 0 Å². The third-order valence-corrected chi connectivity index (χ3v) is 1.70. The summed E-state index contributed by atoms with van der Waals surface area (Å²) in [5.41, 5.74) is -0.233. The van der Waals surface area contributed by atoms with Gasteiger partial charge >= 0.3 is 0 Å². The van der Waals surface area contributed by atoms with E-state index >= 15 is 0 Å². The topological polar surface area (TPSA) is 67.2 Å². The Kier molecular flexibility index (Phi) is 3.81. The van der Waals surface area contributed by atoms with Crippen molar-refractivity contribution < 1.29 is 9.84 Å². The molecule has 5 nitrogen and oxygen atoms in total. The van der Waals surface area contributed by atoms with Gasteiger partial charge in [-0.05, 0) is 12.2 Å². The molecule has 0 atom stereocenters. The largest absolute Gasteiger partial charge is 0.394 e. The number of nitrogens with zero attached hydrogens (tertiary/aromatic N) is 1. The molecule has 2 N–H and O–H groups in total. The van der Waals surface area contributed by atoms with Crippen molar-refractivity contribution in [3.8, 4) is 0 Å². The van der Waals surface area contributed by atoms with E-state index in [2.05, 4.69) is 4.98 Å². The highest BCUT2D eigenvalue weighted by Gasteiger charge is 1.92. The summed E-state index contributed by atoms with van der Waals surface area (Å²) < 4.78 is 6.89. The third-order valence-electron chi connectivity index (χ3n) is 1.36. The van der Waals surface area contributed by atoms with E-state index in [9.17, 15) is 4.79 Å². The van der Waals surface area contributed by atoms with E-state index in [1.54, 1.807) is 10.8 Å². The number of aliphatic hydroxyl groups excluding tert-OH is 1. The fourth-order valence-electron chi connectivity index (χ4n) is 0.773. The monoisotopic (exact) mass is 202 g/mol. The van der Waals surface area contributed by atoms with E-state index in [-0.39, 0.29) is 25.5 Å². The Morgan fingerprint density at radius 3 is 3.08 bits per heavy atom. The first-order valence-electron chi connectivity index (χ1n) is 3.72. The molecule has 1 aromatic rings. The van der Waals surface area contributed by atoms with Crippen molar-refractivity contribution in [2.24, 2.45) is 0 Å². The van der Waals surface area contributed by atoms with Crippen LogP contribution in [0, 0.1) is 4.77 Å². The van der Waals surface area contributed by atoms with Gasteiger partial charge in [-0.2, -0.15) is 0 Å². The molecule has 0 radical (unpaired) electrons. The molecule has 1 heterocycles. The Morgan fingerprint density at radius 2 is 2.46 bits per heavy atom. The van der Waals surface area contributed by atoms with Gasteiger partial charge in [-0.15, -0.1) is 0 Å². The summed E-state index contributed by atoms with van der Waals surface area (Å²) in [6.45, 7) is 0.452. The van der Waals surface area contributed by atoms with Crippen LogP contribution in [0.1, 0.15) is 0 Å². The molecule has 0 aliphatic carbocycles. The number of hydrogen-bond acceptors (Lipinski definition) is 4. The van der Waals surface area contributed by atoms with E-state index in [0.29, 0.717) is 4.77 Å². The van der Waals surface area contributed by atoms with E-state index in [4.69, 9.17) is 22.1 Å². The SMILES string of the molecule is O=c1ccn(COCCO)c(=S)[nH]1. The molecule has 0 unspecified atom stereocenters. The van der Waals surface area contributed by atoms with Gasteiger partial charge in [0.25, 0.3) is 5.56 Å². The number of hydrogen-bond donors (Lipinski definition) is 2. The van der Waals surface area contributed by atoms with Crippen LogP contribution in [0.2, 0.25) is 0 Å². The van der Waals surface area contributed by atoms with E-state index in [1.165, 1.54) is 6.07 Å². The lowest BCUT2D eigenvalue weighted by molar-refractivity contribution is 0.0466. The fourth-order valence-corrected chi connectivity index (χ4v) is 0.987. The number of nitrogens with one attached hydrogen (secondary N) is 1. The molecule has 1 rings (SSSR count). The lowest BCUT2D eigenvalue weighted by Gasteiger charge is -2.05. The van der Waals surface area contributed by atoms with Gasteiger partial charge in [0.05, 0.1) is 13.2 Å². The van der Waals surface area contributed by atoms with Crippen LogP contribution in [0.4, 0.5) is 0 Å². The molecule has 0 aliphatic heterocycles. The molecule has 0 saturated heterocycles. The molecule has 6 heteroatoms. The quantitative estimate of drug-likeness (QED) is 0.527. The van der Waals surface area contributed by atoms with Gasteiger partial charge in [0, 0.05) is 12.3 Å². The summed E-state index contributed by atoms with van der Waals surface area (Å²) in [6.07, 6.45) is 1.54. The minimum Gasteiger partial charge on any atom is -0.394 e. The molecule has 72 valence electrons. The average molecular weight is 202 g/mol. The summed E-state index contributed by atoms with van der Waals surface area (Å²) in [7, 11) is 0. The van der Waals surface area contributed by atoms with E-state index in [1.807, 2.05) is 0 Å². The molecular formula is C7H10N2O3S. The number of aliphatic hydroxyl groups is 1. The Balaban J connectivity index is 2.67. The summed E-state index contributed by atoms with van der Waals surface area (Å²) in [4.78, 5) is 13.2. The highest BCUT2D eigenvalue weighted by molar-refractivity contribution is 7.71. The number of aromatic nitrogens is 2. The maximum Gasteiger partial charge on any atom is 0.251 e. The van der Waals surface area contributed by atoms with Crippen LogP contribution in [0.5, 0.6) is 0 Å². The average Bonchev–Trinajstić information content (AvgIpc) is 2.09. The van der Waals surface area contributed by atoms with Crippen LogP contribution >= 0.6 is 12.2 Å². The number of rotatable bonds is 4. The maximum absolute atomic E-state index is 10.8. The summed E-state index contributed by atoms with van der Waals surface area (Å²) in [6, 6.07) is 1.36. The van der Waals surface area contributed by atoms with Gasteiger partial charge < -0.3 is 14.4 Å². The molecule has 0 spiro atoms. The number of H-pyrrole nitrogens is 1. The fraction of sp³-hybridized carbons (Fsp3) is 0.429. The standard InChI is InChI=1S/C7H10N2O3S/c10-3-4-12-5-9-2-1-6(11)8-7(9)13/h1-2,10H,3-5H2,(H,8,11,13). The van der Waals surface area contributed by atoms with Crippen molar-refractivity contribution >= 4 is 12.2 Å². The zero-order valence-electron chi connectivity index (χ0n) is 6.90. The van der Waals surface area contributed by atoms with Crippen LogP contribution < -0.4 is 5.56 Å². The van der Waals surface area contributed by atoms with Crippen molar-refractivity contribution in [1.82, 2.24) is 9.55 Å². The van der Waals surface area contributed by atoms with Crippen LogP contribution in [0.25, 0.3) is 0 Å². The number of aromatic amines is 1. The first-order valence-corrected chi connectivity index (χ1v) is 4.13. The zero-order valence-corrected chi connectivity index (χ0v) is 7.71. The van der Waals surface area contributed by atoms with Gasteiger partial charge in [0.2, 0.25) is 0 Å². The van der Waals surface area contributed by atoms with Crippen molar-refractivity contribution in [3.05, 3.63) is 27.4 Å². The minimum absolute atomic E-state index is 0.0311. The van der Waals surface area contributed by atoms with Crippen molar-refractivity contribution in [2.45, 2.75) is 6.73 Å². The second-order valence-electron chi connectivity index (χ2n) is 2.34. The summed E-state index contributed by atoms with van der Waals surface area (Å²) >= 11 is 4.85. The van der Waals surface area contributed by atoms with Gasteiger partial charge in [0.15, 0.2) is 4.77 Å². The molecule has 0 bridgehead atoms. The van der Waals surface area contributed by atoms with Crippen LogP contribution in [-0.2, 0) is 11.5 Å².